The van der Waals surface area contributed by atoms with Crippen molar-refractivity contribution in [3.63, 3.8) is 0 Å². The summed E-state index contributed by atoms with van der Waals surface area (Å²) in [6.07, 6.45) is 0. The van der Waals surface area contributed by atoms with Gasteiger partial charge in [0.25, 0.3) is 0 Å². The summed E-state index contributed by atoms with van der Waals surface area (Å²) in [6, 6.07) is 14.7. The third-order valence-corrected chi connectivity index (χ3v) is 4.53. The third-order valence-electron chi connectivity index (χ3n) is 2.85. The van der Waals surface area contributed by atoms with E-state index in [0.29, 0.717) is 17.0 Å². The highest BCUT2D eigenvalue weighted by Crippen LogP contribution is 2.20. The third kappa shape index (κ3) is 3.74. The average molecular weight is 302 g/mol. The first kappa shape index (κ1) is 14.9. The van der Waals surface area contributed by atoms with E-state index in [1.165, 1.54) is 12.1 Å². The number of sulfone groups is 1. The fourth-order valence-electron chi connectivity index (χ4n) is 1.75. The Bertz CT molecular complexity index is 780. The highest BCUT2D eigenvalue weighted by molar-refractivity contribution is 7.91. The highest BCUT2D eigenvalue weighted by atomic mass is 32.2. The Morgan fingerprint density at radius 1 is 1.14 bits per heavy atom. The Labute approximate surface area is 123 Å². The van der Waals surface area contributed by atoms with Crippen molar-refractivity contribution in [3.05, 3.63) is 54.1 Å². The van der Waals surface area contributed by atoms with Gasteiger partial charge in [-0.25, -0.2) is 8.42 Å². The van der Waals surface area contributed by atoms with E-state index < -0.39 is 9.84 Å². The maximum absolute atomic E-state index is 12.2. The van der Waals surface area contributed by atoms with Crippen LogP contribution in [-0.2, 0) is 9.84 Å². The molecule has 6 heteroatoms. The number of anilines is 1. The molecule has 0 amide bonds. The Hall–Kier alpha value is -2.52. The Morgan fingerprint density at radius 2 is 1.90 bits per heavy atom. The molecule has 0 aliphatic heterocycles. The molecule has 0 heterocycles. The van der Waals surface area contributed by atoms with Crippen molar-refractivity contribution in [2.45, 2.75) is 4.90 Å². The molecule has 0 aromatic heterocycles. The van der Waals surface area contributed by atoms with Crippen molar-refractivity contribution in [1.82, 2.24) is 0 Å². The molecule has 0 unspecified atom stereocenters. The second-order valence-electron chi connectivity index (χ2n) is 4.34. The van der Waals surface area contributed by atoms with Crippen LogP contribution in [-0.4, -0.2) is 20.8 Å². The molecule has 0 aliphatic rings. The van der Waals surface area contributed by atoms with Crippen LogP contribution in [0.1, 0.15) is 5.56 Å². The maximum atomic E-state index is 12.2. The summed E-state index contributed by atoms with van der Waals surface area (Å²) in [5.74, 6) is 0.273. The molecular weight excluding hydrogens is 288 g/mol. The van der Waals surface area contributed by atoms with Crippen molar-refractivity contribution in [2.24, 2.45) is 0 Å². The summed E-state index contributed by atoms with van der Waals surface area (Å²) < 4.78 is 29.7. The van der Waals surface area contributed by atoms with Crippen LogP contribution in [0.25, 0.3) is 0 Å². The zero-order valence-electron chi connectivity index (χ0n) is 11.2. The van der Waals surface area contributed by atoms with Gasteiger partial charge in [-0.1, -0.05) is 18.2 Å². The molecule has 0 saturated carbocycles. The number of hydrogen-bond acceptors (Lipinski definition) is 5. The lowest BCUT2D eigenvalue weighted by molar-refractivity contribution is 0.342. The van der Waals surface area contributed by atoms with E-state index in [4.69, 9.17) is 15.7 Å². The van der Waals surface area contributed by atoms with Gasteiger partial charge in [0.1, 0.15) is 12.4 Å². The van der Waals surface area contributed by atoms with Gasteiger partial charge in [-0.2, -0.15) is 5.26 Å². The van der Waals surface area contributed by atoms with Gasteiger partial charge in [-0.05, 0) is 30.3 Å². The van der Waals surface area contributed by atoms with E-state index in [9.17, 15) is 8.42 Å². The van der Waals surface area contributed by atoms with Crippen LogP contribution in [0.3, 0.4) is 0 Å². The minimum Gasteiger partial charge on any atom is -0.490 e. The second kappa shape index (κ2) is 6.29. The lowest BCUT2D eigenvalue weighted by Crippen LogP contribution is -2.14. The number of ether oxygens (including phenoxy) is 1. The number of para-hydroxylation sites is 2. The SMILES string of the molecule is N#Cc1cccc(S(=O)(=O)CCOc2ccccc2N)c1. The predicted octanol–water partition coefficient (Wildman–Crippen LogP) is 1.99. The fraction of sp³-hybridized carbons (Fsp3) is 0.133. The second-order valence-corrected chi connectivity index (χ2v) is 6.45. The van der Waals surface area contributed by atoms with Crippen LogP contribution in [0.4, 0.5) is 5.69 Å². The van der Waals surface area contributed by atoms with Crippen LogP contribution in [0, 0.1) is 11.3 Å². The summed E-state index contributed by atoms with van der Waals surface area (Å²) in [7, 11) is -3.49. The fourth-order valence-corrected chi connectivity index (χ4v) is 2.88. The van der Waals surface area contributed by atoms with Gasteiger partial charge in [0.15, 0.2) is 9.84 Å². The van der Waals surface area contributed by atoms with Crippen molar-refractivity contribution < 1.29 is 13.2 Å². The standard InChI is InChI=1S/C15H14N2O3S/c16-11-12-4-3-5-13(10-12)21(18,19)9-8-20-15-7-2-1-6-14(15)17/h1-7,10H,8-9,17H2. The van der Waals surface area contributed by atoms with Crippen LogP contribution in [0.5, 0.6) is 5.75 Å². The number of nitrogen functional groups attached to an aromatic ring is 1. The molecule has 2 N–H and O–H groups in total. The van der Waals surface area contributed by atoms with Crippen LogP contribution in [0.2, 0.25) is 0 Å². The van der Waals surface area contributed by atoms with E-state index >= 15 is 0 Å². The molecule has 21 heavy (non-hydrogen) atoms. The van der Waals surface area contributed by atoms with Crippen molar-refractivity contribution in [2.75, 3.05) is 18.1 Å². The minimum atomic E-state index is -3.49. The van der Waals surface area contributed by atoms with Crippen LogP contribution in [0.15, 0.2) is 53.4 Å². The molecule has 0 radical (unpaired) electrons. The Kier molecular flexibility index (Phi) is 4.45. The van der Waals surface area contributed by atoms with E-state index in [1.807, 2.05) is 6.07 Å². The molecule has 0 spiro atoms. The molecule has 2 rings (SSSR count). The van der Waals surface area contributed by atoms with Gasteiger partial charge in [-0.15, -0.1) is 0 Å². The van der Waals surface area contributed by atoms with E-state index in [0.717, 1.165) is 0 Å². The first-order chi connectivity index (χ1) is 10.0. The normalized spacial score (nSPS) is 10.8. The number of rotatable bonds is 5. The van der Waals surface area contributed by atoms with Crippen molar-refractivity contribution >= 4 is 15.5 Å². The smallest absolute Gasteiger partial charge is 0.181 e. The summed E-state index contributed by atoms with van der Waals surface area (Å²) in [5, 5.41) is 8.80. The zero-order valence-corrected chi connectivity index (χ0v) is 12.0. The maximum Gasteiger partial charge on any atom is 0.181 e. The number of nitrogens with zero attached hydrogens (tertiary/aromatic N) is 1. The quantitative estimate of drug-likeness (QED) is 0.853. The Morgan fingerprint density at radius 3 is 2.62 bits per heavy atom. The van der Waals surface area contributed by atoms with Gasteiger partial charge in [0.2, 0.25) is 0 Å². The number of nitrogens with two attached hydrogens (primary N) is 1. The van der Waals surface area contributed by atoms with Gasteiger partial charge in [0, 0.05) is 0 Å². The largest absolute Gasteiger partial charge is 0.490 e. The molecule has 108 valence electrons. The van der Waals surface area contributed by atoms with Crippen LogP contribution >= 0.6 is 0 Å². The zero-order chi connectivity index (χ0) is 15.3. The molecule has 2 aromatic carbocycles. The summed E-state index contributed by atoms with van der Waals surface area (Å²) in [6.45, 7) is -0.00662. The van der Waals surface area contributed by atoms with Gasteiger partial charge >= 0.3 is 0 Å². The van der Waals surface area contributed by atoms with Gasteiger partial charge in [0.05, 0.1) is 28.0 Å². The summed E-state index contributed by atoms with van der Waals surface area (Å²) in [5.41, 5.74) is 6.48. The molecule has 0 saturated heterocycles. The molecule has 2 aromatic rings. The van der Waals surface area contributed by atoms with Gasteiger partial charge < -0.3 is 10.5 Å². The Balaban J connectivity index is 2.05. The van der Waals surface area contributed by atoms with Gasteiger partial charge in [-0.3, -0.25) is 0 Å². The lowest BCUT2D eigenvalue weighted by atomic mass is 10.2. The summed E-state index contributed by atoms with van der Waals surface area (Å²) in [4.78, 5) is 0.117. The first-order valence-electron chi connectivity index (χ1n) is 6.23. The number of nitriles is 1. The van der Waals surface area contributed by atoms with Crippen molar-refractivity contribution in [1.29, 1.82) is 5.26 Å². The number of hydrogen-bond donors (Lipinski definition) is 1. The monoisotopic (exact) mass is 302 g/mol. The molecule has 0 fully saturated rings. The van der Waals surface area contributed by atoms with Crippen LogP contribution < -0.4 is 10.5 Å². The average Bonchev–Trinajstić information content (AvgIpc) is 2.49. The summed E-state index contributed by atoms with van der Waals surface area (Å²) >= 11 is 0. The van der Waals surface area contributed by atoms with E-state index in [-0.39, 0.29) is 17.3 Å². The first-order valence-corrected chi connectivity index (χ1v) is 7.88. The topological polar surface area (TPSA) is 93.2 Å². The molecule has 0 aliphatic carbocycles. The lowest BCUT2D eigenvalue weighted by Gasteiger charge is -2.09. The minimum absolute atomic E-state index is 0.00662. The number of benzene rings is 2. The molecule has 0 atom stereocenters. The molecular formula is C15H14N2O3S. The highest BCUT2D eigenvalue weighted by Gasteiger charge is 2.15. The predicted molar refractivity (Wildman–Crippen MR) is 79.6 cm³/mol. The molecule has 5 nitrogen and oxygen atoms in total. The van der Waals surface area contributed by atoms with E-state index in [2.05, 4.69) is 0 Å². The molecule has 0 bridgehead atoms. The van der Waals surface area contributed by atoms with Crippen molar-refractivity contribution in [3.8, 4) is 11.8 Å². The van der Waals surface area contributed by atoms with E-state index in [1.54, 1.807) is 36.4 Å².